The summed E-state index contributed by atoms with van der Waals surface area (Å²) < 4.78 is 59.9. The highest BCUT2D eigenvalue weighted by atomic mass is 32.2. The molecule has 0 unspecified atom stereocenters. The third kappa shape index (κ3) is 4.75. The van der Waals surface area contributed by atoms with Gasteiger partial charge in [0, 0.05) is 47.1 Å². The fourth-order valence-corrected chi connectivity index (χ4v) is 6.94. The number of hydrogen-bond acceptors (Lipinski definition) is 6. The number of alkyl halides is 3. The number of aromatic nitrogens is 1. The van der Waals surface area contributed by atoms with Gasteiger partial charge in [0.2, 0.25) is 6.79 Å². The van der Waals surface area contributed by atoms with E-state index in [9.17, 15) is 22.8 Å². The van der Waals surface area contributed by atoms with Crippen molar-refractivity contribution in [2.75, 3.05) is 19.9 Å². The van der Waals surface area contributed by atoms with Gasteiger partial charge in [0.15, 0.2) is 16.9 Å². The zero-order valence-electron chi connectivity index (χ0n) is 22.1. The van der Waals surface area contributed by atoms with E-state index in [1.165, 1.54) is 23.9 Å². The van der Waals surface area contributed by atoms with Gasteiger partial charge in [-0.05, 0) is 56.7 Å². The van der Waals surface area contributed by atoms with Crippen molar-refractivity contribution < 1.29 is 32.2 Å². The number of fused-ring (bicyclic) bond motifs is 4. The molecule has 11 heteroatoms. The number of benzene rings is 2. The van der Waals surface area contributed by atoms with Crippen molar-refractivity contribution in [3.63, 3.8) is 0 Å². The maximum absolute atomic E-state index is 14.0. The Kier molecular flexibility index (Phi) is 6.61. The van der Waals surface area contributed by atoms with E-state index in [1.807, 2.05) is 26.0 Å². The first kappa shape index (κ1) is 26.8. The van der Waals surface area contributed by atoms with Crippen LogP contribution in [0.2, 0.25) is 0 Å². The van der Waals surface area contributed by atoms with Crippen LogP contribution in [-0.4, -0.2) is 47.5 Å². The summed E-state index contributed by atoms with van der Waals surface area (Å²) in [5, 5.41) is -0.325. The molecule has 0 saturated carbocycles. The summed E-state index contributed by atoms with van der Waals surface area (Å²) in [6.07, 6.45) is -4.76. The van der Waals surface area contributed by atoms with Crippen molar-refractivity contribution in [2.24, 2.45) is 0 Å². The van der Waals surface area contributed by atoms with Crippen molar-refractivity contribution in [3.05, 3.63) is 80.8 Å². The predicted octanol–water partition coefficient (Wildman–Crippen LogP) is 5.53. The summed E-state index contributed by atoms with van der Waals surface area (Å²) in [7, 11) is 0. The molecular weight excluding hydrogens is 545 g/mol. The summed E-state index contributed by atoms with van der Waals surface area (Å²) in [4.78, 5) is 29.7. The summed E-state index contributed by atoms with van der Waals surface area (Å²) in [6, 6.07) is 10.5. The van der Waals surface area contributed by atoms with Gasteiger partial charge in [-0.3, -0.25) is 9.59 Å². The molecule has 7 nitrogen and oxygen atoms in total. The van der Waals surface area contributed by atoms with Gasteiger partial charge in [-0.15, -0.1) is 11.8 Å². The molecule has 6 rings (SSSR count). The molecule has 3 aliphatic rings. The second-order valence-corrected chi connectivity index (χ2v) is 11.6. The molecule has 0 aliphatic carbocycles. The molecule has 3 atom stereocenters. The van der Waals surface area contributed by atoms with Crippen molar-refractivity contribution in [1.82, 2.24) is 9.47 Å². The third-order valence-corrected chi connectivity index (χ3v) is 8.68. The molecule has 0 bridgehead atoms. The third-order valence-electron chi connectivity index (χ3n) is 7.36. The number of amides is 1. The zero-order valence-corrected chi connectivity index (χ0v) is 22.9. The summed E-state index contributed by atoms with van der Waals surface area (Å²) in [5.41, 5.74) is 0.681. The molecule has 0 N–H and O–H groups in total. The van der Waals surface area contributed by atoms with Gasteiger partial charge in [0.1, 0.15) is 5.56 Å². The van der Waals surface area contributed by atoms with E-state index < -0.39 is 23.1 Å². The number of rotatable bonds is 2. The highest BCUT2D eigenvalue weighted by molar-refractivity contribution is 7.99. The van der Waals surface area contributed by atoms with Crippen LogP contribution in [-0.2, 0) is 17.3 Å². The molecular formula is C29H27F3N2O5S. The molecule has 0 radical (unpaired) electrons. The lowest BCUT2D eigenvalue weighted by Gasteiger charge is -2.35. The molecule has 1 amide bonds. The van der Waals surface area contributed by atoms with Crippen LogP contribution >= 0.6 is 11.8 Å². The number of nitrogens with zero attached hydrogens (tertiary/aromatic N) is 2. The lowest BCUT2D eigenvalue weighted by molar-refractivity contribution is -0.137. The molecule has 1 saturated heterocycles. The van der Waals surface area contributed by atoms with E-state index in [0.717, 1.165) is 17.7 Å². The molecule has 3 aliphatic heterocycles. The second-order valence-electron chi connectivity index (χ2n) is 10.4. The van der Waals surface area contributed by atoms with Crippen molar-refractivity contribution in [1.29, 1.82) is 0 Å². The Hall–Kier alpha value is -3.44. The molecule has 0 spiro atoms. The molecule has 40 heavy (non-hydrogen) atoms. The SMILES string of the molecule is Cc1cc(=O)c(C(=O)N2C[C@@H](C)O[C@@H](C)C2)c2n1-c1cc(C(F)(F)F)ccc1S[C@@H](c1ccc3c(c1)OCO3)C2. The Morgan fingerprint density at radius 3 is 2.45 bits per heavy atom. The predicted molar refractivity (Wildman–Crippen MR) is 143 cm³/mol. The number of thioether (sulfide) groups is 1. The first-order valence-electron chi connectivity index (χ1n) is 13.0. The Bertz CT molecular complexity index is 1560. The van der Waals surface area contributed by atoms with Crippen LogP contribution in [0.25, 0.3) is 5.69 Å². The first-order valence-corrected chi connectivity index (χ1v) is 13.9. The number of aryl methyl sites for hydroxylation is 1. The lowest BCUT2D eigenvalue weighted by Crippen LogP contribution is -2.49. The van der Waals surface area contributed by atoms with Crippen LogP contribution < -0.4 is 14.9 Å². The Morgan fingerprint density at radius 2 is 1.73 bits per heavy atom. The zero-order chi connectivity index (χ0) is 28.3. The standard InChI is InChI=1S/C29H27F3N2O5S/c1-15-8-22(35)27(28(36)33-12-16(2)39-17(3)13-33)21-11-26(18-4-6-23-24(9-18)38-14-37-23)40-25-7-5-19(29(30,31)32)10-20(25)34(15)21/h4-10,16-17,26H,11-14H2,1-3H3/t16-,17+,26-/m1/s1. The van der Waals surface area contributed by atoms with E-state index in [0.29, 0.717) is 40.9 Å². The topological polar surface area (TPSA) is 70.0 Å². The average Bonchev–Trinajstić information content (AvgIpc) is 3.28. The summed E-state index contributed by atoms with van der Waals surface area (Å²) in [5.74, 6) is 0.737. The summed E-state index contributed by atoms with van der Waals surface area (Å²) in [6.45, 7) is 6.12. The van der Waals surface area contributed by atoms with Crippen LogP contribution in [0.4, 0.5) is 13.2 Å². The Labute approximate surface area is 232 Å². The van der Waals surface area contributed by atoms with E-state index in [1.54, 1.807) is 22.5 Å². The van der Waals surface area contributed by atoms with E-state index in [-0.39, 0.29) is 41.9 Å². The van der Waals surface area contributed by atoms with Gasteiger partial charge < -0.3 is 23.7 Å². The fraction of sp³-hybridized carbons (Fsp3) is 0.379. The number of morpholine rings is 1. The fourth-order valence-electron chi connectivity index (χ4n) is 5.69. The Morgan fingerprint density at radius 1 is 1.00 bits per heavy atom. The van der Waals surface area contributed by atoms with E-state index in [2.05, 4.69) is 0 Å². The van der Waals surface area contributed by atoms with Gasteiger partial charge in [-0.2, -0.15) is 13.2 Å². The van der Waals surface area contributed by atoms with Crippen LogP contribution in [0, 0.1) is 6.92 Å². The number of hydrogen-bond donors (Lipinski definition) is 0. The average molecular weight is 573 g/mol. The first-order chi connectivity index (χ1) is 19.0. The summed E-state index contributed by atoms with van der Waals surface area (Å²) >= 11 is 1.39. The maximum Gasteiger partial charge on any atom is 0.416 e. The minimum Gasteiger partial charge on any atom is -0.454 e. The van der Waals surface area contributed by atoms with Crippen LogP contribution in [0.3, 0.4) is 0 Å². The van der Waals surface area contributed by atoms with Crippen LogP contribution in [0.15, 0.2) is 52.2 Å². The number of carbonyl (C=O) groups is 1. The molecule has 2 aromatic carbocycles. The monoisotopic (exact) mass is 572 g/mol. The van der Waals surface area contributed by atoms with Gasteiger partial charge >= 0.3 is 6.18 Å². The van der Waals surface area contributed by atoms with Crippen molar-refractivity contribution in [2.45, 2.75) is 55.7 Å². The number of ether oxygens (including phenoxy) is 3. The molecule has 1 fully saturated rings. The number of halogens is 3. The minimum absolute atomic E-state index is 0.0245. The van der Waals surface area contributed by atoms with Crippen LogP contribution in [0.5, 0.6) is 11.5 Å². The van der Waals surface area contributed by atoms with E-state index >= 15 is 0 Å². The smallest absolute Gasteiger partial charge is 0.416 e. The minimum atomic E-state index is -4.56. The number of carbonyl (C=O) groups excluding carboxylic acids is 1. The lowest BCUT2D eigenvalue weighted by atomic mass is 10.00. The van der Waals surface area contributed by atoms with Gasteiger partial charge in [-0.1, -0.05) is 6.07 Å². The van der Waals surface area contributed by atoms with Crippen molar-refractivity contribution in [3.8, 4) is 17.2 Å². The Balaban J connectivity index is 1.56. The molecule has 1 aromatic heterocycles. The van der Waals surface area contributed by atoms with Crippen molar-refractivity contribution >= 4 is 17.7 Å². The van der Waals surface area contributed by atoms with Gasteiger partial charge in [0.05, 0.1) is 23.5 Å². The maximum atomic E-state index is 14.0. The normalized spacial score (nSPS) is 21.9. The largest absolute Gasteiger partial charge is 0.454 e. The quantitative estimate of drug-likeness (QED) is 0.402. The van der Waals surface area contributed by atoms with Gasteiger partial charge in [-0.25, -0.2) is 0 Å². The van der Waals surface area contributed by atoms with Gasteiger partial charge in [0.25, 0.3) is 5.91 Å². The highest BCUT2D eigenvalue weighted by Crippen LogP contribution is 2.47. The number of pyridine rings is 1. The van der Waals surface area contributed by atoms with E-state index in [4.69, 9.17) is 14.2 Å². The molecule has 3 aromatic rings. The van der Waals surface area contributed by atoms with Crippen LogP contribution in [0.1, 0.15) is 52.0 Å². The highest BCUT2D eigenvalue weighted by Gasteiger charge is 2.36. The molecule has 4 heterocycles. The molecule has 210 valence electrons. The second kappa shape index (κ2) is 9.88.